The van der Waals surface area contributed by atoms with Gasteiger partial charge in [0.25, 0.3) is 11.8 Å². The van der Waals surface area contributed by atoms with Gasteiger partial charge in [-0.05, 0) is 99.0 Å². The number of carbonyl (C=O) groups is 2. The number of hydrogen-bond acceptors (Lipinski definition) is 7. The SMILES string of the molecule is Cc1cccc(C(=O)N[C@H]2CC[C@H](NC(=O)c3cc(F)cnc3Oc3cccc(-c4ccc(CCCN5CCNCC5)cc4)c3)CC2)n1. The van der Waals surface area contributed by atoms with Gasteiger partial charge in [-0.15, -0.1) is 0 Å². The molecule has 0 atom stereocenters. The first-order valence-corrected chi connectivity index (χ1v) is 16.9. The number of nitrogens with zero attached hydrogens (tertiary/aromatic N) is 3. The Morgan fingerprint density at radius 1 is 0.896 bits per heavy atom. The Balaban J connectivity index is 1.03. The molecule has 2 amide bonds. The predicted octanol–water partition coefficient (Wildman–Crippen LogP) is 5.69. The van der Waals surface area contributed by atoms with Crippen molar-refractivity contribution >= 4 is 11.8 Å². The summed E-state index contributed by atoms with van der Waals surface area (Å²) in [7, 11) is 0. The van der Waals surface area contributed by atoms with Crippen LogP contribution in [0.15, 0.2) is 79.0 Å². The Kier molecular flexibility index (Phi) is 11.0. The summed E-state index contributed by atoms with van der Waals surface area (Å²) >= 11 is 0. The van der Waals surface area contributed by atoms with Crippen molar-refractivity contribution in [2.45, 2.75) is 57.5 Å². The van der Waals surface area contributed by atoms with Crippen molar-refractivity contribution in [1.82, 2.24) is 30.8 Å². The molecule has 1 aliphatic carbocycles. The highest BCUT2D eigenvalue weighted by Gasteiger charge is 2.26. The van der Waals surface area contributed by atoms with Gasteiger partial charge in [0, 0.05) is 44.0 Å². The van der Waals surface area contributed by atoms with Crippen molar-refractivity contribution in [2.75, 3.05) is 32.7 Å². The summed E-state index contributed by atoms with van der Waals surface area (Å²) in [5, 5.41) is 9.47. The van der Waals surface area contributed by atoms with E-state index < -0.39 is 11.7 Å². The van der Waals surface area contributed by atoms with Crippen LogP contribution in [0.3, 0.4) is 0 Å². The molecule has 3 N–H and O–H groups in total. The van der Waals surface area contributed by atoms with Crippen molar-refractivity contribution in [1.29, 1.82) is 0 Å². The van der Waals surface area contributed by atoms with Crippen LogP contribution in [0.4, 0.5) is 4.39 Å². The van der Waals surface area contributed by atoms with Crippen LogP contribution < -0.4 is 20.7 Å². The summed E-state index contributed by atoms with van der Waals surface area (Å²) in [5.41, 5.74) is 4.55. The number of aryl methyl sites for hydroxylation is 2. The molecule has 2 aromatic carbocycles. The maximum Gasteiger partial charge on any atom is 0.270 e. The zero-order chi connectivity index (χ0) is 33.3. The third-order valence-electron chi connectivity index (χ3n) is 9.07. The molecule has 1 saturated carbocycles. The van der Waals surface area contributed by atoms with Crippen LogP contribution in [0.5, 0.6) is 11.6 Å². The third kappa shape index (κ3) is 9.02. The van der Waals surface area contributed by atoms with Crippen LogP contribution in [0.1, 0.15) is 64.2 Å². The Morgan fingerprint density at radius 3 is 2.33 bits per heavy atom. The molecular weight excluding hydrogens is 607 g/mol. The second kappa shape index (κ2) is 16.0. The fraction of sp³-hybridized carbons (Fsp3) is 0.368. The van der Waals surface area contributed by atoms with E-state index in [9.17, 15) is 14.0 Å². The molecule has 1 aliphatic heterocycles. The zero-order valence-electron chi connectivity index (χ0n) is 27.4. The first-order valence-electron chi connectivity index (χ1n) is 16.9. The highest BCUT2D eigenvalue weighted by Crippen LogP contribution is 2.29. The number of rotatable bonds is 11. The molecule has 9 nitrogen and oxygen atoms in total. The number of amides is 2. The normalized spacial score (nSPS) is 18.2. The summed E-state index contributed by atoms with van der Waals surface area (Å²) in [5.74, 6) is -0.725. The fourth-order valence-corrected chi connectivity index (χ4v) is 6.40. The van der Waals surface area contributed by atoms with Crippen molar-refractivity contribution in [3.8, 4) is 22.8 Å². The lowest BCUT2D eigenvalue weighted by atomic mass is 9.91. The predicted molar refractivity (Wildman–Crippen MR) is 184 cm³/mol. The lowest BCUT2D eigenvalue weighted by Gasteiger charge is -2.29. The number of piperazine rings is 1. The fourth-order valence-electron chi connectivity index (χ4n) is 6.40. The second-order valence-electron chi connectivity index (χ2n) is 12.7. The molecule has 0 unspecified atom stereocenters. The van der Waals surface area contributed by atoms with Gasteiger partial charge in [-0.2, -0.15) is 0 Å². The minimum Gasteiger partial charge on any atom is -0.438 e. The summed E-state index contributed by atoms with van der Waals surface area (Å²) < 4.78 is 20.4. The molecule has 3 heterocycles. The highest BCUT2D eigenvalue weighted by molar-refractivity contribution is 5.96. The van der Waals surface area contributed by atoms with Crippen molar-refractivity contribution in [3.63, 3.8) is 0 Å². The van der Waals surface area contributed by atoms with Gasteiger partial charge in [-0.25, -0.2) is 14.4 Å². The summed E-state index contributed by atoms with van der Waals surface area (Å²) in [6.07, 6.45) is 5.98. The quantitative estimate of drug-likeness (QED) is 0.191. The number of halogens is 1. The summed E-state index contributed by atoms with van der Waals surface area (Å²) in [6, 6.07) is 22.6. The van der Waals surface area contributed by atoms with E-state index in [0.29, 0.717) is 37.1 Å². The number of benzene rings is 2. The van der Waals surface area contributed by atoms with E-state index in [1.54, 1.807) is 12.1 Å². The standard InChI is InChI=1S/C38H43FN6O3/c1-26-5-2-9-35(42-26)37(47)44-32-16-14-31(15-17-32)43-36(46)34-24-30(39)25-41-38(34)48-33-8-3-7-29(23-33)28-12-10-27(11-13-28)6-4-20-45-21-18-40-19-22-45/h2-3,5,7-13,23-25,31-32,40H,4,6,14-22H2,1H3,(H,43,46)(H,44,47)/t31-,32-. The van der Waals surface area contributed by atoms with Crippen LogP contribution >= 0.6 is 0 Å². The molecule has 48 heavy (non-hydrogen) atoms. The van der Waals surface area contributed by atoms with Gasteiger partial charge in [-0.3, -0.25) is 9.59 Å². The van der Waals surface area contributed by atoms with E-state index in [1.165, 1.54) is 5.56 Å². The van der Waals surface area contributed by atoms with Crippen LogP contribution in [0, 0.1) is 12.7 Å². The second-order valence-corrected chi connectivity index (χ2v) is 12.7. The molecule has 4 aromatic rings. The maximum absolute atomic E-state index is 14.3. The Bertz CT molecular complexity index is 1700. The number of hydrogen-bond donors (Lipinski definition) is 3. The van der Waals surface area contributed by atoms with Crippen molar-refractivity contribution in [2.24, 2.45) is 0 Å². The largest absolute Gasteiger partial charge is 0.438 e. The molecule has 0 spiro atoms. The number of pyridine rings is 2. The smallest absolute Gasteiger partial charge is 0.270 e. The van der Waals surface area contributed by atoms with Gasteiger partial charge in [0.1, 0.15) is 22.8 Å². The average molecular weight is 651 g/mol. The number of ether oxygens (including phenoxy) is 1. The van der Waals surface area contributed by atoms with Gasteiger partial charge in [0.05, 0.1) is 6.20 Å². The van der Waals surface area contributed by atoms with Crippen LogP contribution in [-0.4, -0.2) is 71.5 Å². The van der Waals surface area contributed by atoms with E-state index >= 15 is 0 Å². The topological polar surface area (TPSA) is 108 Å². The minimum absolute atomic E-state index is 0.00595. The minimum atomic E-state index is -0.620. The number of aromatic nitrogens is 2. The number of carbonyl (C=O) groups excluding carboxylic acids is 2. The molecule has 10 heteroatoms. The van der Waals surface area contributed by atoms with Crippen LogP contribution in [0.2, 0.25) is 0 Å². The molecule has 1 saturated heterocycles. The molecular formula is C38H43FN6O3. The zero-order valence-corrected chi connectivity index (χ0v) is 27.4. The van der Waals surface area contributed by atoms with Crippen LogP contribution in [0.25, 0.3) is 11.1 Å². The summed E-state index contributed by atoms with van der Waals surface area (Å²) in [4.78, 5) is 36.9. The molecule has 2 aromatic heterocycles. The van der Waals surface area contributed by atoms with Gasteiger partial charge in [0.15, 0.2) is 0 Å². The van der Waals surface area contributed by atoms with Crippen molar-refractivity contribution in [3.05, 3.63) is 107 Å². The van der Waals surface area contributed by atoms with Crippen LogP contribution in [-0.2, 0) is 6.42 Å². The monoisotopic (exact) mass is 650 g/mol. The molecule has 2 aliphatic rings. The summed E-state index contributed by atoms with van der Waals surface area (Å²) in [6.45, 7) is 7.35. The third-order valence-corrected chi connectivity index (χ3v) is 9.07. The molecule has 0 bridgehead atoms. The highest BCUT2D eigenvalue weighted by atomic mass is 19.1. The first-order chi connectivity index (χ1) is 23.4. The molecule has 250 valence electrons. The maximum atomic E-state index is 14.3. The van der Waals surface area contributed by atoms with E-state index in [4.69, 9.17) is 4.74 Å². The average Bonchev–Trinajstić information content (AvgIpc) is 3.11. The Labute approximate surface area is 281 Å². The lowest BCUT2D eigenvalue weighted by Crippen LogP contribution is -2.44. The molecule has 2 fully saturated rings. The van der Waals surface area contributed by atoms with E-state index in [-0.39, 0.29) is 29.4 Å². The van der Waals surface area contributed by atoms with E-state index in [1.807, 2.05) is 37.3 Å². The van der Waals surface area contributed by atoms with Gasteiger partial charge < -0.3 is 25.6 Å². The van der Waals surface area contributed by atoms with Crippen molar-refractivity contribution < 1.29 is 18.7 Å². The van der Waals surface area contributed by atoms with Gasteiger partial charge >= 0.3 is 0 Å². The van der Waals surface area contributed by atoms with Gasteiger partial charge in [-0.1, -0.05) is 42.5 Å². The lowest BCUT2D eigenvalue weighted by molar-refractivity contribution is 0.0887. The Hall–Kier alpha value is -4.67. The Morgan fingerprint density at radius 2 is 1.60 bits per heavy atom. The first kappa shape index (κ1) is 33.2. The molecule has 6 rings (SSSR count). The van der Waals surface area contributed by atoms with E-state index in [0.717, 1.165) is 74.6 Å². The van der Waals surface area contributed by atoms with E-state index in [2.05, 4.69) is 55.1 Å². The number of nitrogens with one attached hydrogen (secondary N) is 3. The molecule has 0 radical (unpaired) electrons. The van der Waals surface area contributed by atoms with Gasteiger partial charge in [0.2, 0.25) is 5.88 Å².